The molecule has 1 amide bonds. The summed E-state index contributed by atoms with van der Waals surface area (Å²) in [5.74, 6) is 1.60. The highest BCUT2D eigenvalue weighted by molar-refractivity contribution is 8.00. The highest BCUT2D eigenvalue weighted by atomic mass is 32.2. The van der Waals surface area contributed by atoms with Gasteiger partial charge in [0.05, 0.1) is 18.1 Å². The molecule has 4 heteroatoms. The van der Waals surface area contributed by atoms with Crippen molar-refractivity contribution in [1.82, 2.24) is 4.90 Å². The molecule has 3 rings (SSSR count). The van der Waals surface area contributed by atoms with Crippen molar-refractivity contribution in [2.24, 2.45) is 5.92 Å². The summed E-state index contributed by atoms with van der Waals surface area (Å²) in [5.41, 5.74) is 0. The van der Waals surface area contributed by atoms with E-state index in [-0.39, 0.29) is 12.0 Å². The van der Waals surface area contributed by atoms with Crippen LogP contribution in [0.4, 0.5) is 0 Å². The molecule has 2 bridgehead atoms. The third kappa shape index (κ3) is 1.99. The van der Waals surface area contributed by atoms with Gasteiger partial charge in [0.2, 0.25) is 5.91 Å². The molecular weight excluding hydrogens is 234 g/mol. The second kappa shape index (κ2) is 4.47. The maximum absolute atomic E-state index is 12.6. The van der Waals surface area contributed by atoms with Crippen LogP contribution in [0.15, 0.2) is 0 Å². The number of ether oxygens (including phenoxy) is 1. The second-order valence-electron chi connectivity index (χ2n) is 5.56. The van der Waals surface area contributed by atoms with Gasteiger partial charge in [0, 0.05) is 23.6 Å². The van der Waals surface area contributed by atoms with E-state index in [0.29, 0.717) is 23.3 Å². The Balaban J connectivity index is 1.69. The van der Waals surface area contributed by atoms with Crippen LogP contribution < -0.4 is 0 Å². The number of hydrogen-bond acceptors (Lipinski definition) is 3. The molecule has 0 aliphatic carbocycles. The number of rotatable bonds is 1. The summed E-state index contributed by atoms with van der Waals surface area (Å²) in [6, 6.07) is 0.375. The van der Waals surface area contributed by atoms with Crippen molar-refractivity contribution < 1.29 is 9.53 Å². The Labute approximate surface area is 107 Å². The average molecular weight is 255 g/mol. The summed E-state index contributed by atoms with van der Waals surface area (Å²) in [6.45, 7) is 5.33. The summed E-state index contributed by atoms with van der Waals surface area (Å²) in [4.78, 5) is 14.7. The molecule has 3 aliphatic heterocycles. The maximum Gasteiger partial charge on any atom is 0.228 e. The predicted octanol–water partition coefficient (Wildman–Crippen LogP) is 1.91. The minimum Gasteiger partial charge on any atom is -0.374 e. The van der Waals surface area contributed by atoms with Crippen LogP contribution in [0.5, 0.6) is 0 Å². The lowest BCUT2D eigenvalue weighted by Crippen LogP contribution is -2.51. The van der Waals surface area contributed by atoms with Crippen LogP contribution in [-0.2, 0) is 9.53 Å². The zero-order valence-corrected chi connectivity index (χ0v) is 11.4. The van der Waals surface area contributed by atoms with E-state index in [1.165, 1.54) is 0 Å². The molecule has 3 nitrogen and oxygen atoms in total. The molecule has 0 aromatic heterocycles. The third-order valence-electron chi connectivity index (χ3n) is 4.59. The molecule has 3 saturated heterocycles. The zero-order chi connectivity index (χ0) is 12.0. The highest BCUT2D eigenvalue weighted by Crippen LogP contribution is 2.40. The van der Waals surface area contributed by atoms with E-state index in [0.717, 1.165) is 31.6 Å². The molecule has 3 fully saturated rings. The lowest BCUT2D eigenvalue weighted by molar-refractivity contribution is -0.139. The van der Waals surface area contributed by atoms with Gasteiger partial charge in [-0.2, -0.15) is 11.8 Å². The first-order valence-corrected chi connectivity index (χ1v) is 7.79. The summed E-state index contributed by atoms with van der Waals surface area (Å²) in [5, 5.41) is 0.562. The molecule has 0 spiro atoms. The van der Waals surface area contributed by atoms with Crippen molar-refractivity contribution in [3.8, 4) is 0 Å². The predicted molar refractivity (Wildman–Crippen MR) is 69.1 cm³/mol. The molecule has 3 aliphatic rings. The van der Waals surface area contributed by atoms with Gasteiger partial charge < -0.3 is 9.64 Å². The summed E-state index contributed by atoms with van der Waals surface area (Å²) >= 11 is 1.98. The minimum absolute atomic E-state index is 0.159. The van der Waals surface area contributed by atoms with Crippen molar-refractivity contribution in [3.05, 3.63) is 0 Å². The van der Waals surface area contributed by atoms with Crippen LogP contribution in [0.1, 0.15) is 33.1 Å². The van der Waals surface area contributed by atoms with Crippen molar-refractivity contribution in [2.75, 3.05) is 12.3 Å². The molecule has 0 aromatic carbocycles. The Morgan fingerprint density at radius 2 is 2.18 bits per heavy atom. The molecule has 5 atom stereocenters. The Bertz CT molecular complexity index is 323. The number of nitrogens with zero attached hydrogens (tertiary/aromatic N) is 1. The van der Waals surface area contributed by atoms with E-state index in [9.17, 15) is 4.79 Å². The lowest BCUT2D eigenvalue weighted by Gasteiger charge is -2.39. The van der Waals surface area contributed by atoms with E-state index < -0.39 is 0 Å². The maximum atomic E-state index is 12.6. The summed E-state index contributed by atoms with van der Waals surface area (Å²) in [7, 11) is 0. The smallest absolute Gasteiger partial charge is 0.228 e. The van der Waals surface area contributed by atoms with E-state index in [4.69, 9.17) is 4.74 Å². The Kier molecular flexibility index (Phi) is 3.11. The first-order valence-electron chi connectivity index (χ1n) is 6.74. The molecular formula is C13H21NO2S. The first-order chi connectivity index (χ1) is 8.16. The summed E-state index contributed by atoms with van der Waals surface area (Å²) in [6.07, 6.45) is 3.82. The van der Waals surface area contributed by atoms with E-state index >= 15 is 0 Å². The van der Waals surface area contributed by atoms with Gasteiger partial charge in [-0.25, -0.2) is 0 Å². The number of amides is 1. The molecule has 5 unspecified atom stereocenters. The number of thioether (sulfide) groups is 1. The van der Waals surface area contributed by atoms with Crippen LogP contribution in [0.2, 0.25) is 0 Å². The third-order valence-corrected chi connectivity index (χ3v) is 5.93. The first kappa shape index (κ1) is 11.8. The van der Waals surface area contributed by atoms with Gasteiger partial charge in [-0.15, -0.1) is 0 Å². The van der Waals surface area contributed by atoms with Crippen LogP contribution in [0.25, 0.3) is 0 Å². The minimum atomic E-state index is 0.159. The van der Waals surface area contributed by atoms with Crippen LogP contribution in [-0.4, -0.2) is 46.6 Å². The zero-order valence-electron chi connectivity index (χ0n) is 10.6. The SMILES string of the molecule is CC1SCCN(C(=O)C2CC3CCC2O3)C1C. The highest BCUT2D eigenvalue weighted by Gasteiger charge is 2.46. The number of carbonyl (C=O) groups is 1. The molecule has 3 heterocycles. The van der Waals surface area contributed by atoms with Crippen LogP contribution >= 0.6 is 11.8 Å². The normalized spacial score (nSPS) is 45.3. The molecule has 96 valence electrons. The largest absolute Gasteiger partial charge is 0.374 e. The van der Waals surface area contributed by atoms with Gasteiger partial charge in [-0.3, -0.25) is 4.79 Å². The lowest BCUT2D eigenvalue weighted by atomic mass is 9.88. The molecule has 17 heavy (non-hydrogen) atoms. The van der Waals surface area contributed by atoms with Crippen LogP contribution in [0, 0.1) is 5.92 Å². The quantitative estimate of drug-likeness (QED) is 0.717. The number of carbonyl (C=O) groups excluding carboxylic acids is 1. The Hall–Kier alpha value is -0.220. The average Bonchev–Trinajstić information content (AvgIpc) is 2.94. The molecule has 0 saturated carbocycles. The fourth-order valence-corrected chi connectivity index (χ4v) is 4.45. The van der Waals surface area contributed by atoms with Gasteiger partial charge in [0.1, 0.15) is 0 Å². The number of hydrogen-bond donors (Lipinski definition) is 0. The fourth-order valence-electron chi connectivity index (χ4n) is 3.35. The van der Waals surface area contributed by atoms with Crippen molar-refractivity contribution in [3.63, 3.8) is 0 Å². The van der Waals surface area contributed by atoms with Gasteiger partial charge in [-0.1, -0.05) is 6.92 Å². The fraction of sp³-hybridized carbons (Fsp3) is 0.923. The van der Waals surface area contributed by atoms with Crippen LogP contribution in [0.3, 0.4) is 0 Å². The van der Waals surface area contributed by atoms with Crippen molar-refractivity contribution in [1.29, 1.82) is 0 Å². The molecule has 0 radical (unpaired) electrons. The molecule has 0 N–H and O–H groups in total. The second-order valence-corrected chi connectivity index (χ2v) is 7.05. The van der Waals surface area contributed by atoms with Crippen molar-refractivity contribution in [2.45, 2.75) is 56.6 Å². The van der Waals surface area contributed by atoms with E-state index in [2.05, 4.69) is 18.7 Å². The molecule has 0 aromatic rings. The topological polar surface area (TPSA) is 29.5 Å². The van der Waals surface area contributed by atoms with Gasteiger partial charge in [0.15, 0.2) is 0 Å². The van der Waals surface area contributed by atoms with Crippen molar-refractivity contribution >= 4 is 17.7 Å². The Morgan fingerprint density at radius 3 is 2.82 bits per heavy atom. The standard InChI is InChI=1S/C13H21NO2S/c1-8-9(2)17-6-5-14(8)13(15)11-7-10-3-4-12(11)16-10/h8-12H,3-7H2,1-2H3. The van der Waals surface area contributed by atoms with Gasteiger partial charge in [0.25, 0.3) is 0 Å². The van der Waals surface area contributed by atoms with E-state index in [1.807, 2.05) is 11.8 Å². The van der Waals surface area contributed by atoms with Gasteiger partial charge in [-0.05, 0) is 26.2 Å². The summed E-state index contributed by atoms with van der Waals surface area (Å²) < 4.78 is 5.81. The van der Waals surface area contributed by atoms with Gasteiger partial charge >= 0.3 is 0 Å². The monoisotopic (exact) mass is 255 g/mol. The van der Waals surface area contributed by atoms with E-state index in [1.54, 1.807) is 0 Å². The Morgan fingerprint density at radius 1 is 1.35 bits per heavy atom. The number of fused-ring (bicyclic) bond motifs is 2.